The minimum absolute atomic E-state index is 0.0937. The zero-order valence-corrected chi connectivity index (χ0v) is 22.6. The van der Waals surface area contributed by atoms with Crippen molar-refractivity contribution in [2.45, 2.75) is 69.9 Å². The summed E-state index contributed by atoms with van der Waals surface area (Å²) in [6.07, 6.45) is 6.22. The van der Waals surface area contributed by atoms with Gasteiger partial charge in [-0.3, -0.25) is 10.1 Å². The number of halogens is 2. The molecule has 2 aromatic heterocycles. The molecule has 0 amide bonds. The highest BCUT2D eigenvalue weighted by Crippen LogP contribution is 2.47. The average molecular weight is 541 g/mol. The van der Waals surface area contributed by atoms with Crippen LogP contribution in [0.1, 0.15) is 77.9 Å². The van der Waals surface area contributed by atoms with Gasteiger partial charge in [-0.1, -0.05) is 0 Å². The Morgan fingerprint density at radius 3 is 2.71 bits per heavy atom. The maximum atomic E-state index is 14.5. The monoisotopic (exact) mass is 540 g/mol. The van der Waals surface area contributed by atoms with Crippen LogP contribution in [-0.2, 0) is 24.1 Å². The van der Waals surface area contributed by atoms with Crippen LogP contribution in [0.3, 0.4) is 0 Å². The van der Waals surface area contributed by atoms with Gasteiger partial charge in [-0.25, -0.2) is 18.8 Å². The number of nitrogens with one attached hydrogen (secondary N) is 1. The lowest BCUT2D eigenvalue weighted by molar-refractivity contribution is 0.0648. The van der Waals surface area contributed by atoms with Crippen molar-refractivity contribution in [2.75, 3.05) is 38.3 Å². The summed E-state index contributed by atoms with van der Waals surface area (Å²) in [5.74, 6) is 1.44. The number of hydrazine groups is 1. The average Bonchev–Trinajstić information content (AvgIpc) is 3.56. The molecule has 2 fully saturated rings. The molecule has 7 rings (SSSR count). The minimum Gasteiger partial charge on any atom is -0.381 e. The molecule has 1 saturated carbocycles. The van der Waals surface area contributed by atoms with Gasteiger partial charge < -0.3 is 9.64 Å². The molecule has 202 valence electrons. The second kappa shape index (κ2) is 9.97. The van der Waals surface area contributed by atoms with Crippen molar-refractivity contribution in [3.63, 3.8) is 0 Å². The molecule has 38 heavy (non-hydrogen) atoms. The third-order valence-electron chi connectivity index (χ3n) is 8.49. The van der Waals surface area contributed by atoms with Crippen molar-refractivity contribution in [3.8, 4) is 10.4 Å². The summed E-state index contributed by atoms with van der Waals surface area (Å²) >= 11 is 1.58. The van der Waals surface area contributed by atoms with E-state index in [4.69, 9.17) is 9.84 Å². The Kier molecular flexibility index (Phi) is 6.46. The molecule has 1 aromatic carbocycles. The lowest BCUT2D eigenvalue weighted by Crippen LogP contribution is -2.40. The fraction of sp³-hybridized carbons (Fsp3) is 0.571. The van der Waals surface area contributed by atoms with Gasteiger partial charge in [0, 0.05) is 79.5 Å². The Hall–Kier alpha value is -2.40. The first-order chi connectivity index (χ1) is 18.6. The van der Waals surface area contributed by atoms with Crippen LogP contribution in [-0.4, -0.2) is 53.1 Å². The zero-order valence-electron chi connectivity index (χ0n) is 21.8. The van der Waals surface area contributed by atoms with Crippen molar-refractivity contribution < 1.29 is 13.5 Å². The smallest absolute Gasteiger partial charge is 0.264 e. The Labute approximate surface area is 225 Å². The number of benzene rings is 1. The summed E-state index contributed by atoms with van der Waals surface area (Å²) in [6.45, 7) is 3.96. The van der Waals surface area contributed by atoms with Crippen molar-refractivity contribution in [3.05, 3.63) is 45.7 Å². The molecule has 5 heterocycles. The van der Waals surface area contributed by atoms with Crippen molar-refractivity contribution in [2.24, 2.45) is 0 Å². The summed E-state index contributed by atoms with van der Waals surface area (Å²) < 4.78 is 36.9. The van der Waals surface area contributed by atoms with Crippen LogP contribution < -0.4 is 10.3 Å². The molecule has 4 aliphatic rings. The van der Waals surface area contributed by atoms with Gasteiger partial charge in [0.25, 0.3) is 6.43 Å². The number of alkyl halides is 2. The van der Waals surface area contributed by atoms with E-state index in [9.17, 15) is 8.78 Å². The molecular weight excluding hydrogens is 506 g/mol. The first kappa shape index (κ1) is 24.6. The fourth-order valence-corrected chi connectivity index (χ4v) is 7.39. The van der Waals surface area contributed by atoms with Crippen LogP contribution in [0, 0.1) is 0 Å². The van der Waals surface area contributed by atoms with Crippen LogP contribution in [0.5, 0.6) is 0 Å². The number of anilines is 2. The number of fused-ring (bicyclic) bond motifs is 2. The van der Waals surface area contributed by atoms with E-state index in [0.717, 1.165) is 105 Å². The molecule has 0 unspecified atom stereocenters. The number of ether oxygens (including phenoxy) is 1. The SMILES string of the molecule is CNN1CCc2c(c(N3CCCc4cc(-c5cnc(C6CC6)s5)c(C(F)F)cc43)nn2C2CCOCC2)C1. The van der Waals surface area contributed by atoms with Gasteiger partial charge in [0.05, 0.1) is 15.9 Å². The summed E-state index contributed by atoms with van der Waals surface area (Å²) in [5.41, 5.74) is 8.53. The molecule has 0 atom stereocenters. The second-order valence-corrected chi connectivity index (χ2v) is 12.0. The maximum absolute atomic E-state index is 14.5. The number of rotatable bonds is 6. The Bertz CT molecular complexity index is 1330. The van der Waals surface area contributed by atoms with E-state index in [1.165, 1.54) is 11.3 Å². The largest absolute Gasteiger partial charge is 0.381 e. The third-order valence-corrected chi connectivity index (χ3v) is 9.69. The number of hydrogen-bond acceptors (Lipinski definition) is 7. The predicted molar refractivity (Wildman–Crippen MR) is 144 cm³/mol. The lowest BCUT2D eigenvalue weighted by atomic mass is 9.94. The van der Waals surface area contributed by atoms with Crippen molar-refractivity contribution in [1.29, 1.82) is 0 Å². The zero-order chi connectivity index (χ0) is 25.8. The van der Waals surface area contributed by atoms with E-state index in [0.29, 0.717) is 17.5 Å². The standard InChI is InChI=1S/C28H34F2N6OS/c1-31-34-10-6-23-22(16-34)27(33-36(23)19-7-11-37-12-8-19)35-9-2-3-18-13-20(21(26(29)30)14-24(18)35)25-15-32-28(38-25)17-4-5-17/h13-15,17,19,26,31H,2-12,16H2,1H3. The van der Waals surface area contributed by atoms with Crippen LogP contribution in [0.2, 0.25) is 0 Å². The molecule has 3 aliphatic heterocycles. The lowest BCUT2D eigenvalue weighted by Gasteiger charge is -2.33. The highest BCUT2D eigenvalue weighted by Gasteiger charge is 2.34. The Morgan fingerprint density at radius 1 is 1.11 bits per heavy atom. The van der Waals surface area contributed by atoms with E-state index >= 15 is 0 Å². The topological polar surface area (TPSA) is 58.5 Å². The van der Waals surface area contributed by atoms with Gasteiger partial charge in [-0.05, 0) is 63.3 Å². The fourth-order valence-electron chi connectivity index (χ4n) is 6.26. The van der Waals surface area contributed by atoms with E-state index in [1.807, 2.05) is 13.1 Å². The summed E-state index contributed by atoms with van der Waals surface area (Å²) in [6, 6.07) is 4.07. The van der Waals surface area contributed by atoms with Gasteiger partial charge in [0.2, 0.25) is 0 Å². The molecule has 1 N–H and O–H groups in total. The van der Waals surface area contributed by atoms with E-state index in [-0.39, 0.29) is 5.56 Å². The van der Waals surface area contributed by atoms with Crippen LogP contribution in [0.4, 0.5) is 20.3 Å². The van der Waals surface area contributed by atoms with Crippen LogP contribution in [0.15, 0.2) is 18.3 Å². The highest BCUT2D eigenvalue weighted by atomic mass is 32.1. The van der Waals surface area contributed by atoms with Gasteiger partial charge in [-0.2, -0.15) is 5.10 Å². The van der Waals surface area contributed by atoms with Crippen molar-refractivity contribution in [1.82, 2.24) is 25.2 Å². The summed E-state index contributed by atoms with van der Waals surface area (Å²) in [5, 5.41) is 8.52. The van der Waals surface area contributed by atoms with E-state index < -0.39 is 6.43 Å². The van der Waals surface area contributed by atoms with Crippen LogP contribution in [0.25, 0.3) is 10.4 Å². The molecule has 0 bridgehead atoms. The Balaban J connectivity index is 1.32. The van der Waals surface area contributed by atoms with Crippen molar-refractivity contribution >= 4 is 22.8 Å². The highest BCUT2D eigenvalue weighted by molar-refractivity contribution is 7.15. The summed E-state index contributed by atoms with van der Waals surface area (Å²) in [4.78, 5) is 7.64. The van der Waals surface area contributed by atoms with Gasteiger partial charge in [0.15, 0.2) is 5.82 Å². The predicted octanol–water partition coefficient (Wildman–Crippen LogP) is 5.75. The molecule has 10 heteroatoms. The number of nitrogens with zero attached hydrogens (tertiary/aromatic N) is 5. The first-order valence-electron chi connectivity index (χ1n) is 13.9. The first-order valence-corrected chi connectivity index (χ1v) is 14.7. The number of aryl methyl sites for hydroxylation is 1. The number of thiazole rings is 1. The normalized spacial score (nSPS) is 20.7. The number of aromatic nitrogens is 3. The summed E-state index contributed by atoms with van der Waals surface area (Å²) in [7, 11) is 1.95. The maximum Gasteiger partial charge on any atom is 0.264 e. The van der Waals surface area contributed by atoms with Gasteiger partial charge in [-0.15, -0.1) is 11.3 Å². The second-order valence-electron chi connectivity index (χ2n) is 10.9. The van der Waals surface area contributed by atoms with E-state index in [2.05, 4.69) is 25.0 Å². The third kappa shape index (κ3) is 4.35. The van der Waals surface area contributed by atoms with Crippen LogP contribution >= 0.6 is 11.3 Å². The molecule has 1 aliphatic carbocycles. The van der Waals surface area contributed by atoms with Gasteiger partial charge >= 0.3 is 0 Å². The molecule has 1 saturated heterocycles. The molecule has 7 nitrogen and oxygen atoms in total. The molecule has 0 spiro atoms. The number of hydrogen-bond donors (Lipinski definition) is 1. The Morgan fingerprint density at radius 2 is 1.95 bits per heavy atom. The molecule has 0 radical (unpaired) electrons. The van der Waals surface area contributed by atoms with Gasteiger partial charge in [0.1, 0.15) is 0 Å². The molecule has 3 aromatic rings. The minimum atomic E-state index is -2.56. The molecular formula is C28H34F2N6OS. The quantitative estimate of drug-likeness (QED) is 0.430. The van der Waals surface area contributed by atoms with E-state index in [1.54, 1.807) is 23.6 Å².